The fourth-order valence-corrected chi connectivity index (χ4v) is 4.31. The molecule has 1 aromatic rings. The lowest BCUT2D eigenvalue weighted by Crippen LogP contribution is -2.35. The predicted molar refractivity (Wildman–Crippen MR) is 74.0 cm³/mol. The summed E-state index contributed by atoms with van der Waals surface area (Å²) in [4.78, 5) is 0.178. The molecular formula is C12H18FNO2S2. The van der Waals surface area contributed by atoms with Gasteiger partial charge in [-0.3, -0.25) is 0 Å². The van der Waals surface area contributed by atoms with Crippen LogP contribution >= 0.6 is 11.8 Å². The average molecular weight is 291 g/mol. The lowest BCUT2D eigenvalue weighted by molar-refractivity contribution is 0.568. The normalized spacial score (nSPS) is 13.6. The van der Waals surface area contributed by atoms with Crippen LogP contribution in [-0.4, -0.2) is 26.5 Å². The van der Waals surface area contributed by atoms with Crippen molar-refractivity contribution in [2.75, 3.05) is 12.0 Å². The van der Waals surface area contributed by atoms with Crippen LogP contribution in [-0.2, 0) is 10.0 Å². The Morgan fingerprint density at radius 3 is 2.28 bits per heavy atom. The van der Waals surface area contributed by atoms with Gasteiger partial charge in [0, 0.05) is 11.8 Å². The zero-order valence-corrected chi connectivity index (χ0v) is 12.6. The Kier molecular flexibility index (Phi) is 5.19. The van der Waals surface area contributed by atoms with Crippen molar-refractivity contribution in [2.45, 2.75) is 31.7 Å². The first-order valence-electron chi connectivity index (χ1n) is 5.56. The van der Waals surface area contributed by atoms with Crippen LogP contribution in [0, 0.1) is 19.7 Å². The van der Waals surface area contributed by atoms with Crippen molar-refractivity contribution in [1.29, 1.82) is 0 Å². The number of halogens is 1. The fourth-order valence-electron chi connectivity index (χ4n) is 1.93. The summed E-state index contributed by atoms with van der Waals surface area (Å²) >= 11 is 1.57. The molecule has 0 radical (unpaired) electrons. The summed E-state index contributed by atoms with van der Waals surface area (Å²) in [6, 6.07) is 2.32. The molecule has 0 spiro atoms. The van der Waals surface area contributed by atoms with Gasteiger partial charge in [-0.1, -0.05) is 0 Å². The Morgan fingerprint density at radius 1 is 1.33 bits per heavy atom. The number of hydrogen-bond acceptors (Lipinski definition) is 3. The van der Waals surface area contributed by atoms with Crippen LogP contribution in [0.2, 0.25) is 0 Å². The largest absolute Gasteiger partial charge is 0.241 e. The lowest BCUT2D eigenvalue weighted by Gasteiger charge is -2.16. The van der Waals surface area contributed by atoms with E-state index in [0.717, 1.165) is 0 Å². The molecule has 1 rings (SSSR count). The Labute approximate surface area is 112 Å². The molecule has 0 aliphatic rings. The van der Waals surface area contributed by atoms with Gasteiger partial charge >= 0.3 is 0 Å². The summed E-state index contributed by atoms with van der Waals surface area (Å²) < 4.78 is 40.2. The molecule has 1 unspecified atom stereocenters. The first-order valence-corrected chi connectivity index (χ1v) is 8.43. The van der Waals surface area contributed by atoms with E-state index in [4.69, 9.17) is 0 Å². The first kappa shape index (κ1) is 15.5. The Balaban J connectivity index is 3.13. The summed E-state index contributed by atoms with van der Waals surface area (Å²) in [7, 11) is -3.59. The van der Waals surface area contributed by atoms with Crippen molar-refractivity contribution in [2.24, 2.45) is 0 Å². The minimum Gasteiger partial charge on any atom is -0.208 e. The van der Waals surface area contributed by atoms with E-state index in [-0.39, 0.29) is 10.9 Å². The van der Waals surface area contributed by atoms with Gasteiger partial charge in [-0.05, 0) is 50.3 Å². The van der Waals surface area contributed by atoms with Gasteiger partial charge in [0.25, 0.3) is 0 Å². The molecule has 0 aliphatic carbocycles. The Hall–Kier alpha value is -0.590. The summed E-state index contributed by atoms with van der Waals surface area (Å²) in [6.45, 7) is 5.01. The summed E-state index contributed by atoms with van der Waals surface area (Å²) in [5.41, 5.74) is 0.854. The molecule has 6 heteroatoms. The lowest BCUT2D eigenvalue weighted by atomic mass is 10.1. The summed E-state index contributed by atoms with van der Waals surface area (Å²) in [6.07, 6.45) is 1.92. The van der Waals surface area contributed by atoms with E-state index in [0.29, 0.717) is 16.9 Å². The molecule has 1 N–H and O–H groups in total. The van der Waals surface area contributed by atoms with E-state index in [1.54, 1.807) is 25.6 Å². The molecule has 0 aliphatic heterocycles. The quantitative estimate of drug-likeness (QED) is 0.906. The minimum absolute atomic E-state index is 0.158. The number of hydrogen-bond donors (Lipinski definition) is 1. The third-order valence-corrected chi connectivity index (χ3v) is 5.19. The molecule has 1 aromatic carbocycles. The highest BCUT2D eigenvalue weighted by Gasteiger charge is 2.22. The average Bonchev–Trinajstić information content (AvgIpc) is 2.13. The molecule has 0 amide bonds. The van der Waals surface area contributed by atoms with Crippen molar-refractivity contribution in [3.05, 3.63) is 29.1 Å². The molecule has 3 nitrogen and oxygen atoms in total. The third kappa shape index (κ3) is 3.70. The van der Waals surface area contributed by atoms with Gasteiger partial charge in [0.2, 0.25) is 10.0 Å². The van der Waals surface area contributed by atoms with E-state index in [1.807, 2.05) is 13.2 Å². The number of nitrogens with one attached hydrogen (secondary N) is 1. The summed E-state index contributed by atoms with van der Waals surface area (Å²) in [5, 5.41) is 0. The second-order valence-electron chi connectivity index (χ2n) is 4.35. The molecule has 0 bridgehead atoms. The van der Waals surface area contributed by atoms with Gasteiger partial charge in [-0.15, -0.1) is 0 Å². The van der Waals surface area contributed by atoms with Crippen molar-refractivity contribution >= 4 is 21.8 Å². The number of aryl methyl sites for hydroxylation is 2. The molecule has 18 heavy (non-hydrogen) atoms. The van der Waals surface area contributed by atoms with Gasteiger partial charge in [-0.2, -0.15) is 11.8 Å². The summed E-state index contributed by atoms with van der Waals surface area (Å²) in [5.74, 6) is 0.277. The number of thioether (sulfide) groups is 1. The fraction of sp³-hybridized carbons (Fsp3) is 0.500. The van der Waals surface area contributed by atoms with Crippen LogP contribution in [0.1, 0.15) is 18.1 Å². The van der Waals surface area contributed by atoms with Crippen molar-refractivity contribution < 1.29 is 12.8 Å². The smallest absolute Gasteiger partial charge is 0.208 e. The standard InChI is InChI=1S/C12H18FNO2S2/c1-8-5-11(13)6-9(2)12(8)18(15,16)14-10(3)7-17-4/h5-6,10,14H,7H2,1-4H3. The maximum Gasteiger partial charge on any atom is 0.241 e. The van der Waals surface area contributed by atoms with Crippen molar-refractivity contribution in [3.8, 4) is 0 Å². The van der Waals surface area contributed by atoms with Crippen molar-refractivity contribution in [1.82, 2.24) is 4.72 Å². The second kappa shape index (κ2) is 6.04. The molecular weight excluding hydrogens is 273 g/mol. The van der Waals surface area contributed by atoms with Gasteiger partial charge in [0.05, 0.1) is 4.90 Å². The third-order valence-electron chi connectivity index (χ3n) is 2.47. The maximum absolute atomic E-state index is 13.2. The van der Waals surface area contributed by atoms with Crippen LogP contribution in [0.25, 0.3) is 0 Å². The van der Waals surface area contributed by atoms with Gasteiger partial charge in [0.1, 0.15) is 5.82 Å². The number of rotatable bonds is 5. The van der Waals surface area contributed by atoms with E-state index < -0.39 is 15.8 Å². The Morgan fingerprint density at radius 2 is 1.83 bits per heavy atom. The zero-order chi connectivity index (χ0) is 13.9. The van der Waals surface area contributed by atoms with Crippen LogP contribution in [0.4, 0.5) is 4.39 Å². The monoisotopic (exact) mass is 291 g/mol. The molecule has 0 fully saturated rings. The molecule has 0 aromatic heterocycles. The van der Waals surface area contributed by atoms with Gasteiger partial charge in [-0.25, -0.2) is 17.5 Å². The van der Waals surface area contributed by atoms with Gasteiger partial charge < -0.3 is 0 Å². The van der Waals surface area contributed by atoms with E-state index >= 15 is 0 Å². The minimum atomic E-state index is -3.59. The highest BCUT2D eigenvalue weighted by molar-refractivity contribution is 7.98. The molecule has 102 valence electrons. The molecule has 0 saturated carbocycles. The number of benzene rings is 1. The Bertz CT molecular complexity index is 506. The molecule has 1 atom stereocenters. The van der Waals surface area contributed by atoms with Crippen LogP contribution in [0.5, 0.6) is 0 Å². The topological polar surface area (TPSA) is 46.2 Å². The van der Waals surface area contributed by atoms with E-state index in [1.165, 1.54) is 12.1 Å². The second-order valence-corrected chi connectivity index (χ2v) is 6.91. The van der Waals surface area contributed by atoms with Crippen LogP contribution in [0.3, 0.4) is 0 Å². The zero-order valence-electron chi connectivity index (χ0n) is 11.0. The SMILES string of the molecule is CSCC(C)NS(=O)(=O)c1c(C)cc(F)cc1C. The van der Waals surface area contributed by atoms with Crippen LogP contribution < -0.4 is 4.72 Å². The van der Waals surface area contributed by atoms with E-state index in [2.05, 4.69) is 4.72 Å². The predicted octanol–water partition coefficient (Wildman–Crippen LogP) is 2.47. The highest BCUT2D eigenvalue weighted by Crippen LogP contribution is 2.21. The van der Waals surface area contributed by atoms with Gasteiger partial charge in [0.15, 0.2) is 0 Å². The van der Waals surface area contributed by atoms with Crippen molar-refractivity contribution in [3.63, 3.8) is 0 Å². The highest BCUT2D eigenvalue weighted by atomic mass is 32.2. The maximum atomic E-state index is 13.2. The molecule has 0 saturated heterocycles. The first-order chi connectivity index (χ1) is 8.27. The van der Waals surface area contributed by atoms with E-state index in [9.17, 15) is 12.8 Å². The molecule has 0 heterocycles. The number of sulfonamides is 1. The van der Waals surface area contributed by atoms with Crippen LogP contribution in [0.15, 0.2) is 17.0 Å².